The van der Waals surface area contributed by atoms with Crippen LogP contribution in [0, 0.1) is 13.8 Å². The molecular formula is C28H35N5S. The predicted octanol–water partition coefficient (Wildman–Crippen LogP) is 5.86. The number of hydrogen-bond donors (Lipinski definition) is 1. The lowest BCUT2D eigenvalue weighted by Crippen LogP contribution is -2.40. The third-order valence-electron chi connectivity index (χ3n) is 7.52. The van der Waals surface area contributed by atoms with Crippen LogP contribution in [0.4, 0.5) is 5.69 Å². The van der Waals surface area contributed by atoms with Gasteiger partial charge in [0.15, 0.2) is 5.11 Å². The summed E-state index contributed by atoms with van der Waals surface area (Å²) in [4.78, 5) is 9.38. The molecule has 2 atom stereocenters. The average molecular weight is 474 g/mol. The van der Waals surface area contributed by atoms with E-state index in [0.717, 1.165) is 10.8 Å². The molecule has 0 bridgehead atoms. The lowest BCUT2D eigenvalue weighted by molar-refractivity contribution is 0.197. The van der Waals surface area contributed by atoms with E-state index in [9.17, 15) is 0 Å². The molecule has 2 aromatic heterocycles. The molecule has 5 rings (SSSR count). The van der Waals surface area contributed by atoms with Gasteiger partial charge in [0, 0.05) is 49.1 Å². The lowest BCUT2D eigenvalue weighted by atomic mass is 9.90. The predicted molar refractivity (Wildman–Crippen MR) is 144 cm³/mol. The number of nitrogens with one attached hydrogen (secondary N) is 1. The minimum absolute atomic E-state index is 0.0423. The van der Waals surface area contributed by atoms with E-state index < -0.39 is 0 Å². The van der Waals surface area contributed by atoms with Crippen molar-refractivity contribution >= 4 is 23.0 Å². The zero-order chi connectivity index (χ0) is 23.8. The van der Waals surface area contributed by atoms with Gasteiger partial charge in [-0.25, -0.2) is 0 Å². The molecule has 1 N–H and O–H groups in total. The largest absolute Gasteiger partial charge is 0.378 e. The first-order chi connectivity index (χ1) is 16.5. The average Bonchev–Trinajstić information content (AvgIpc) is 3.35. The molecule has 2 aliphatic rings. The number of aryl methyl sites for hydroxylation is 1. The van der Waals surface area contributed by atoms with Crippen molar-refractivity contribution in [2.24, 2.45) is 0 Å². The van der Waals surface area contributed by atoms with E-state index in [0.29, 0.717) is 6.04 Å². The number of aromatic nitrogens is 2. The summed E-state index contributed by atoms with van der Waals surface area (Å²) in [5.74, 6) is 0. The Kier molecular flexibility index (Phi) is 6.34. The van der Waals surface area contributed by atoms with Gasteiger partial charge in [0.1, 0.15) is 0 Å². The third kappa shape index (κ3) is 4.09. The summed E-state index contributed by atoms with van der Waals surface area (Å²) < 4.78 is 2.38. The van der Waals surface area contributed by atoms with E-state index in [1.165, 1.54) is 60.4 Å². The molecule has 0 unspecified atom stereocenters. The van der Waals surface area contributed by atoms with Gasteiger partial charge in [-0.3, -0.25) is 4.98 Å². The van der Waals surface area contributed by atoms with Crippen molar-refractivity contribution in [2.75, 3.05) is 19.0 Å². The van der Waals surface area contributed by atoms with Crippen LogP contribution in [-0.2, 0) is 0 Å². The fraction of sp³-hybridized carbons (Fsp3) is 0.429. The van der Waals surface area contributed by atoms with E-state index in [1.54, 1.807) is 0 Å². The summed E-state index contributed by atoms with van der Waals surface area (Å²) in [6.07, 6.45) is 8.19. The van der Waals surface area contributed by atoms with Crippen LogP contribution >= 0.6 is 12.2 Å². The number of thiocarbonyl (C=S) groups is 1. The maximum Gasteiger partial charge on any atom is 0.170 e. The highest BCUT2D eigenvalue weighted by molar-refractivity contribution is 7.80. The van der Waals surface area contributed by atoms with Crippen LogP contribution in [0.1, 0.15) is 66.8 Å². The molecule has 1 saturated carbocycles. The number of rotatable bonds is 5. The van der Waals surface area contributed by atoms with Gasteiger partial charge in [-0.15, -0.1) is 0 Å². The van der Waals surface area contributed by atoms with Gasteiger partial charge in [0.05, 0.1) is 17.8 Å². The van der Waals surface area contributed by atoms with Crippen molar-refractivity contribution in [2.45, 2.75) is 64.1 Å². The van der Waals surface area contributed by atoms with Gasteiger partial charge >= 0.3 is 0 Å². The van der Waals surface area contributed by atoms with E-state index in [-0.39, 0.29) is 12.1 Å². The van der Waals surface area contributed by atoms with Crippen molar-refractivity contribution in [3.63, 3.8) is 0 Å². The van der Waals surface area contributed by atoms with Crippen LogP contribution in [0.5, 0.6) is 0 Å². The Hall–Kier alpha value is -2.86. The van der Waals surface area contributed by atoms with E-state index in [2.05, 4.69) is 90.1 Å². The first kappa shape index (κ1) is 22.9. The van der Waals surface area contributed by atoms with Crippen molar-refractivity contribution in [1.29, 1.82) is 0 Å². The fourth-order valence-electron chi connectivity index (χ4n) is 5.83. The second-order valence-electron chi connectivity index (χ2n) is 9.90. The van der Waals surface area contributed by atoms with Crippen LogP contribution in [0.25, 0.3) is 5.69 Å². The van der Waals surface area contributed by atoms with Crippen LogP contribution in [0.3, 0.4) is 0 Å². The monoisotopic (exact) mass is 473 g/mol. The van der Waals surface area contributed by atoms with Crippen molar-refractivity contribution in [3.05, 3.63) is 77.4 Å². The van der Waals surface area contributed by atoms with Crippen molar-refractivity contribution in [1.82, 2.24) is 19.8 Å². The second-order valence-corrected chi connectivity index (χ2v) is 10.3. The Labute approximate surface area is 208 Å². The molecule has 178 valence electrons. The molecule has 34 heavy (non-hydrogen) atoms. The summed E-state index contributed by atoms with van der Waals surface area (Å²) in [5.41, 5.74) is 7.30. The zero-order valence-electron chi connectivity index (χ0n) is 20.7. The van der Waals surface area contributed by atoms with Crippen molar-refractivity contribution < 1.29 is 0 Å². The molecule has 1 saturated heterocycles. The topological polar surface area (TPSA) is 36.3 Å². The van der Waals surface area contributed by atoms with Gasteiger partial charge in [-0.1, -0.05) is 25.3 Å². The van der Waals surface area contributed by atoms with Crippen LogP contribution < -0.4 is 10.2 Å². The zero-order valence-corrected chi connectivity index (χ0v) is 21.5. The third-order valence-corrected chi connectivity index (χ3v) is 7.85. The van der Waals surface area contributed by atoms with Gasteiger partial charge in [-0.2, -0.15) is 0 Å². The molecule has 1 aliphatic carbocycles. The molecule has 2 fully saturated rings. The molecule has 1 aromatic carbocycles. The minimum Gasteiger partial charge on any atom is -0.378 e. The van der Waals surface area contributed by atoms with Crippen molar-refractivity contribution in [3.8, 4) is 5.69 Å². The molecule has 6 heteroatoms. The molecule has 3 heterocycles. The Bertz CT molecular complexity index is 1150. The molecular weight excluding hydrogens is 438 g/mol. The van der Waals surface area contributed by atoms with Crippen LogP contribution in [-0.4, -0.2) is 39.7 Å². The van der Waals surface area contributed by atoms with Gasteiger partial charge < -0.3 is 19.7 Å². The molecule has 3 aromatic rings. The second kappa shape index (κ2) is 9.41. The van der Waals surface area contributed by atoms with E-state index in [1.807, 2.05) is 12.3 Å². The Balaban J connectivity index is 1.59. The van der Waals surface area contributed by atoms with Gasteiger partial charge in [0.2, 0.25) is 0 Å². The van der Waals surface area contributed by atoms with Gasteiger partial charge in [0.25, 0.3) is 0 Å². The Morgan fingerprint density at radius 1 is 1.00 bits per heavy atom. The molecule has 0 spiro atoms. The maximum absolute atomic E-state index is 5.97. The first-order valence-electron chi connectivity index (χ1n) is 12.4. The summed E-state index contributed by atoms with van der Waals surface area (Å²) in [7, 11) is 4.15. The summed E-state index contributed by atoms with van der Waals surface area (Å²) in [6, 6.07) is 18.0. The van der Waals surface area contributed by atoms with Gasteiger partial charge in [-0.05, 0) is 86.9 Å². The smallest absolute Gasteiger partial charge is 0.170 e. The summed E-state index contributed by atoms with van der Waals surface area (Å²) in [6.45, 7) is 4.45. The first-order valence-corrected chi connectivity index (χ1v) is 12.8. The number of anilines is 1. The number of nitrogens with zero attached hydrogens (tertiary/aromatic N) is 4. The highest BCUT2D eigenvalue weighted by Crippen LogP contribution is 2.44. The number of pyridine rings is 1. The van der Waals surface area contributed by atoms with Crippen LogP contribution in [0.15, 0.2) is 54.7 Å². The highest BCUT2D eigenvalue weighted by atomic mass is 32.1. The molecule has 1 aliphatic heterocycles. The molecule has 0 radical (unpaired) electrons. The SMILES string of the molecule is Cc1cc([C@H]2[C@@H](c3ccccn3)NC(=S)N2C2CCCCC2)c(C)n1-c1ccc(N(C)C)cc1. The normalized spacial score (nSPS) is 21.1. The Morgan fingerprint density at radius 2 is 1.74 bits per heavy atom. The molecule has 5 nitrogen and oxygen atoms in total. The van der Waals surface area contributed by atoms with E-state index in [4.69, 9.17) is 17.2 Å². The number of benzene rings is 1. The van der Waals surface area contributed by atoms with Crippen LogP contribution in [0.2, 0.25) is 0 Å². The number of hydrogen-bond acceptors (Lipinski definition) is 3. The fourth-order valence-corrected chi connectivity index (χ4v) is 6.22. The summed E-state index contributed by atoms with van der Waals surface area (Å²) >= 11 is 5.97. The maximum atomic E-state index is 5.97. The lowest BCUT2D eigenvalue weighted by Gasteiger charge is -2.37. The Morgan fingerprint density at radius 3 is 2.38 bits per heavy atom. The summed E-state index contributed by atoms with van der Waals surface area (Å²) in [5, 5.41) is 4.53. The standard InChI is InChI=1S/C28H35N5S/c1-19-18-24(20(2)32(19)23-15-13-21(14-16-23)31(3)4)27-26(25-12-8-9-17-29-25)30-28(34)33(27)22-10-6-5-7-11-22/h8-9,12-18,22,26-27H,5-7,10-11H2,1-4H3,(H,30,34)/t26-,27+/m1/s1. The highest BCUT2D eigenvalue weighted by Gasteiger charge is 2.44. The molecule has 0 amide bonds. The quantitative estimate of drug-likeness (QED) is 0.470. The minimum atomic E-state index is 0.0423. The van der Waals surface area contributed by atoms with E-state index >= 15 is 0 Å².